The number of alkyl halides is 1. The van der Waals surface area contributed by atoms with Crippen LogP contribution >= 0.6 is 11.6 Å². The molecule has 0 heterocycles. The molecule has 13 heavy (non-hydrogen) atoms. The van der Waals surface area contributed by atoms with Gasteiger partial charge in [0.2, 0.25) is 0 Å². The van der Waals surface area contributed by atoms with Gasteiger partial charge in [-0.2, -0.15) is 0 Å². The molecule has 1 nitrogen and oxygen atoms in total. The van der Waals surface area contributed by atoms with Gasteiger partial charge in [-0.15, -0.1) is 11.6 Å². The first-order valence-electron chi connectivity index (χ1n) is 5.44. The summed E-state index contributed by atoms with van der Waals surface area (Å²) in [5.74, 6) is 0.782. The molecule has 0 aliphatic carbocycles. The highest BCUT2D eigenvalue weighted by atomic mass is 35.5. The van der Waals surface area contributed by atoms with Crippen LogP contribution in [0.15, 0.2) is 0 Å². The first-order valence-corrected chi connectivity index (χ1v) is 8.51. The maximum atomic E-state index is 6.06. The van der Waals surface area contributed by atoms with Gasteiger partial charge < -0.3 is 4.43 Å². The van der Waals surface area contributed by atoms with Gasteiger partial charge in [0.1, 0.15) is 0 Å². The van der Waals surface area contributed by atoms with Gasteiger partial charge in [-0.25, -0.2) is 0 Å². The normalized spacial score (nSPS) is 12.0. The minimum absolute atomic E-state index is 0.782. The highest BCUT2D eigenvalue weighted by Gasteiger charge is 2.29. The van der Waals surface area contributed by atoms with Gasteiger partial charge in [-0.3, -0.25) is 0 Å². The lowest BCUT2D eigenvalue weighted by atomic mass is 10.5. The van der Waals surface area contributed by atoms with Gasteiger partial charge in [0.15, 0.2) is 8.32 Å². The fourth-order valence-electron chi connectivity index (χ4n) is 1.59. The van der Waals surface area contributed by atoms with Gasteiger partial charge in [0.25, 0.3) is 0 Å². The Morgan fingerprint density at radius 3 is 2.15 bits per heavy atom. The third-order valence-electron chi connectivity index (χ3n) is 2.67. The quantitative estimate of drug-likeness (QED) is 0.445. The Bertz CT molecular complexity index is 105. The largest absolute Gasteiger partial charge is 0.417 e. The van der Waals surface area contributed by atoms with Crippen LogP contribution < -0.4 is 0 Å². The van der Waals surface area contributed by atoms with E-state index in [9.17, 15) is 0 Å². The van der Waals surface area contributed by atoms with E-state index in [-0.39, 0.29) is 0 Å². The summed E-state index contributed by atoms with van der Waals surface area (Å²) in [6.07, 6.45) is 2.26. The average Bonchev–Trinajstić information content (AvgIpc) is 2.20. The molecule has 0 aliphatic rings. The van der Waals surface area contributed by atoms with Crippen LogP contribution in [0, 0.1) is 0 Å². The molecule has 0 saturated carbocycles. The third kappa shape index (κ3) is 5.04. The van der Waals surface area contributed by atoms with E-state index in [0.717, 1.165) is 25.3 Å². The van der Waals surface area contributed by atoms with Crippen molar-refractivity contribution in [2.75, 3.05) is 12.5 Å². The summed E-state index contributed by atoms with van der Waals surface area (Å²) in [6.45, 7) is 7.64. The van der Waals surface area contributed by atoms with Crippen molar-refractivity contribution in [2.24, 2.45) is 0 Å². The monoisotopic (exact) mass is 222 g/mol. The molecule has 3 heteroatoms. The van der Waals surface area contributed by atoms with Crippen molar-refractivity contribution in [3.63, 3.8) is 0 Å². The van der Waals surface area contributed by atoms with Crippen molar-refractivity contribution in [2.45, 2.75) is 51.7 Å². The Hall–Kier alpha value is 0.467. The van der Waals surface area contributed by atoms with Crippen LogP contribution in [0.2, 0.25) is 18.1 Å². The molecule has 80 valence electrons. The Kier molecular flexibility index (Phi) is 8.11. The summed E-state index contributed by atoms with van der Waals surface area (Å²) in [7, 11) is -1.37. The number of hydrogen-bond acceptors (Lipinski definition) is 1. The maximum absolute atomic E-state index is 6.06. The summed E-state index contributed by atoms with van der Waals surface area (Å²) < 4.78 is 6.06. The van der Waals surface area contributed by atoms with E-state index >= 15 is 0 Å². The van der Waals surface area contributed by atoms with E-state index in [1.54, 1.807) is 0 Å². The van der Waals surface area contributed by atoms with Crippen molar-refractivity contribution in [1.82, 2.24) is 0 Å². The van der Waals surface area contributed by atoms with Crippen molar-refractivity contribution < 1.29 is 4.43 Å². The van der Waals surface area contributed by atoms with Crippen LogP contribution in [-0.2, 0) is 4.43 Å². The molecule has 0 aliphatic heterocycles. The molecule has 0 unspecified atom stereocenters. The maximum Gasteiger partial charge on any atom is 0.192 e. The fraction of sp³-hybridized carbons (Fsp3) is 1.00. The number of rotatable bonds is 8. The molecule has 0 fully saturated rings. The second-order valence-corrected chi connectivity index (χ2v) is 8.48. The number of hydrogen-bond donors (Lipinski definition) is 0. The lowest BCUT2D eigenvalue weighted by Gasteiger charge is -2.29. The fourth-order valence-corrected chi connectivity index (χ4v) is 5.16. The van der Waals surface area contributed by atoms with Crippen molar-refractivity contribution >= 4 is 19.9 Å². The summed E-state index contributed by atoms with van der Waals surface area (Å²) in [4.78, 5) is 0. The zero-order valence-electron chi connectivity index (χ0n) is 9.24. The standard InChI is InChI=1S/C10H23ClOSi/c1-4-9-12-13(5-2,6-3)10-7-8-11/h4-10H2,1-3H3. The zero-order valence-corrected chi connectivity index (χ0v) is 11.0. The molecule has 0 bridgehead atoms. The minimum atomic E-state index is -1.37. The number of halogens is 1. The molecular weight excluding hydrogens is 200 g/mol. The Morgan fingerprint density at radius 2 is 1.77 bits per heavy atom. The zero-order chi connectivity index (χ0) is 10.2. The summed E-state index contributed by atoms with van der Waals surface area (Å²) in [6, 6.07) is 3.71. The predicted octanol–water partition coefficient (Wildman–Crippen LogP) is 4.03. The first kappa shape index (κ1) is 13.5. The van der Waals surface area contributed by atoms with E-state index in [1.807, 2.05) is 0 Å². The van der Waals surface area contributed by atoms with Gasteiger partial charge in [-0.1, -0.05) is 20.8 Å². The summed E-state index contributed by atoms with van der Waals surface area (Å²) in [5, 5.41) is 0. The van der Waals surface area contributed by atoms with Crippen molar-refractivity contribution in [3.05, 3.63) is 0 Å². The van der Waals surface area contributed by atoms with Crippen LogP contribution in [0.25, 0.3) is 0 Å². The molecule has 0 N–H and O–H groups in total. The van der Waals surface area contributed by atoms with Crippen LogP contribution in [0.5, 0.6) is 0 Å². The molecule has 0 aromatic carbocycles. The molecule has 0 aromatic rings. The highest BCUT2D eigenvalue weighted by Crippen LogP contribution is 2.24. The molecule has 0 atom stereocenters. The first-order chi connectivity index (χ1) is 6.24. The van der Waals surface area contributed by atoms with Gasteiger partial charge >= 0.3 is 0 Å². The van der Waals surface area contributed by atoms with E-state index in [4.69, 9.17) is 16.0 Å². The second-order valence-electron chi connectivity index (χ2n) is 3.53. The SMILES string of the molecule is CCCO[Si](CC)(CC)CCCCl. The van der Waals surface area contributed by atoms with Crippen LogP contribution in [0.4, 0.5) is 0 Å². The van der Waals surface area contributed by atoms with Crippen molar-refractivity contribution in [3.8, 4) is 0 Å². The minimum Gasteiger partial charge on any atom is -0.417 e. The van der Waals surface area contributed by atoms with Crippen molar-refractivity contribution in [1.29, 1.82) is 0 Å². The van der Waals surface area contributed by atoms with E-state index in [0.29, 0.717) is 0 Å². The lowest BCUT2D eigenvalue weighted by Crippen LogP contribution is -2.36. The highest BCUT2D eigenvalue weighted by molar-refractivity contribution is 6.73. The Morgan fingerprint density at radius 1 is 1.15 bits per heavy atom. The molecule has 0 radical (unpaired) electrons. The molecular formula is C10H23ClOSi. The Labute approximate surface area is 88.9 Å². The van der Waals surface area contributed by atoms with E-state index < -0.39 is 8.32 Å². The summed E-state index contributed by atoms with van der Waals surface area (Å²) >= 11 is 5.72. The third-order valence-corrected chi connectivity index (χ3v) is 7.59. The van der Waals surface area contributed by atoms with Gasteiger partial charge in [0, 0.05) is 12.5 Å². The molecule has 0 spiro atoms. The predicted molar refractivity (Wildman–Crippen MR) is 63.1 cm³/mol. The molecule has 0 amide bonds. The smallest absolute Gasteiger partial charge is 0.192 e. The summed E-state index contributed by atoms with van der Waals surface area (Å²) in [5.41, 5.74) is 0. The van der Waals surface area contributed by atoms with Gasteiger partial charge in [-0.05, 0) is 31.0 Å². The molecule has 0 saturated heterocycles. The molecule has 0 aromatic heterocycles. The van der Waals surface area contributed by atoms with Crippen LogP contribution in [-0.4, -0.2) is 20.8 Å². The van der Waals surface area contributed by atoms with Crippen LogP contribution in [0.3, 0.4) is 0 Å². The van der Waals surface area contributed by atoms with Gasteiger partial charge in [0.05, 0.1) is 0 Å². The second kappa shape index (κ2) is 7.83. The molecule has 0 rings (SSSR count). The van der Waals surface area contributed by atoms with E-state index in [2.05, 4.69) is 20.8 Å². The Balaban J connectivity index is 3.97. The van der Waals surface area contributed by atoms with Crippen LogP contribution in [0.1, 0.15) is 33.6 Å². The lowest BCUT2D eigenvalue weighted by molar-refractivity contribution is 0.298. The average molecular weight is 223 g/mol. The van der Waals surface area contributed by atoms with E-state index in [1.165, 1.54) is 18.1 Å². The topological polar surface area (TPSA) is 9.23 Å².